The third-order valence-electron chi connectivity index (χ3n) is 20.9. The number of nitrogens with zero attached hydrogens (tertiary/aromatic N) is 11. The van der Waals surface area contributed by atoms with Crippen LogP contribution in [0.4, 0.5) is 37.8 Å². The molecule has 0 aliphatic carbocycles. The van der Waals surface area contributed by atoms with Gasteiger partial charge in [0.2, 0.25) is 21.8 Å². The highest BCUT2D eigenvalue weighted by molar-refractivity contribution is 7.88. The van der Waals surface area contributed by atoms with E-state index in [1.165, 1.54) is 55.8 Å². The maximum atomic E-state index is 13.3. The molecule has 2 atom stereocenters. The number of hydrogen-bond donors (Lipinski definition) is 5. The van der Waals surface area contributed by atoms with Crippen LogP contribution in [0, 0.1) is 5.82 Å². The van der Waals surface area contributed by atoms with E-state index in [-0.39, 0.29) is 17.8 Å². The van der Waals surface area contributed by atoms with Gasteiger partial charge >= 0.3 is 6.03 Å². The predicted molar refractivity (Wildman–Crippen MR) is 395 cm³/mol. The van der Waals surface area contributed by atoms with Gasteiger partial charge in [0.15, 0.2) is 0 Å². The number of anilines is 5. The summed E-state index contributed by atoms with van der Waals surface area (Å²) in [6.07, 6.45) is 17.3. The highest BCUT2D eigenvalue weighted by Gasteiger charge is 2.41. The van der Waals surface area contributed by atoms with Gasteiger partial charge < -0.3 is 69.0 Å². The van der Waals surface area contributed by atoms with Crippen LogP contribution >= 0.6 is 0 Å². The molecule has 7 aliphatic heterocycles. The zero-order chi connectivity index (χ0) is 68.5. The van der Waals surface area contributed by atoms with Gasteiger partial charge in [0.1, 0.15) is 11.6 Å². The number of likely N-dealkylation sites (N-methyl/N-ethyl adjacent to an activating group) is 2. The fourth-order valence-corrected chi connectivity index (χ4v) is 17.2. The number of piperazine rings is 4. The Balaban J connectivity index is 0.000000106. The van der Waals surface area contributed by atoms with Gasteiger partial charge in [-0.2, -0.15) is 4.31 Å². The predicted octanol–water partition coefficient (Wildman–Crippen LogP) is 11.3. The number of benzene rings is 5. The maximum absolute atomic E-state index is 13.3. The highest BCUT2D eigenvalue weighted by atomic mass is 32.2. The number of rotatable bonds is 7. The molecule has 7 saturated heterocycles. The smallest absolute Gasteiger partial charge is 0.320 e. The van der Waals surface area contributed by atoms with Crippen LogP contribution in [0.5, 0.6) is 0 Å². The number of carbonyl (C=O) groups excluding carboxylic acids is 3. The normalized spacial score (nSPS) is 19.8. The second kappa shape index (κ2) is 28.1. The lowest BCUT2D eigenvalue weighted by molar-refractivity contribution is -0.130. The lowest BCUT2D eigenvalue weighted by Crippen LogP contribution is -2.60. The van der Waals surface area contributed by atoms with E-state index >= 15 is 0 Å². The molecule has 7 aliphatic rings. The quantitative estimate of drug-likeness (QED) is 0.101. The minimum Gasteiger partial charge on any atom is -0.367 e. The standard InChI is InChI=1S/C18H18FN3.C15H18N4O.C15H21N3O2S.C15H17N3O.C13H15N3O/c19-14-4-5-15-16(12-21-17(15)11-14)13-6-9-22(10-7-13)18-3-1-2-8-20-18;1-17-9-11-10-18(6-7-19(11)15(17)20)14-8-16-13-5-3-2-4-12(13)14;1-15(2)11-17(8-9-18(15)21(3,19)20)14-10-16-13-7-5-4-6-12(13)14;19-15-6-5-11-10-17(7-8-18(11)15)14-9-16-13-4-2-1-3-12(13)14;1-15-6-7-16(9-13(15)17)12-8-14-11-5-3-2-4-10(11)12/h1-5,8,11-13,21H,6-7,9-10H2;2-5,8,11,16H,6-7,9-10H2,1H3;4-7,10,16H,8-9,11H2,1-3H3;1-4,9,11,16H,5-8,10H2;2-5,8,14H,6-7,9H2,1H3. The van der Waals surface area contributed by atoms with Crippen molar-refractivity contribution in [3.05, 3.63) is 182 Å². The molecule has 5 N–H and O–H groups in total. The Labute approximate surface area is 577 Å². The second-order valence-electron chi connectivity index (χ2n) is 27.7. The van der Waals surface area contributed by atoms with Crippen molar-refractivity contribution in [3.8, 4) is 0 Å². The molecule has 99 heavy (non-hydrogen) atoms. The van der Waals surface area contributed by atoms with Gasteiger partial charge in [0.25, 0.3) is 0 Å². The van der Waals surface area contributed by atoms with Crippen LogP contribution < -0.4 is 24.5 Å². The average Bonchev–Trinajstić information content (AvgIpc) is 1.74. The molecule has 13 heterocycles. The van der Waals surface area contributed by atoms with Crippen LogP contribution in [0.1, 0.15) is 51.0 Å². The number of aromatic nitrogens is 6. The monoisotopic (exact) mass is 1360 g/mol. The summed E-state index contributed by atoms with van der Waals surface area (Å²) in [4.78, 5) is 75.4. The zero-order valence-electron chi connectivity index (χ0n) is 57.1. The largest absolute Gasteiger partial charge is 0.367 e. The van der Waals surface area contributed by atoms with Crippen molar-refractivity contribution < 1.29 is 27.2 Å². The van der Waals surface area contributed by atoms with E-state index in [0.717, 1.165) is 137 Å². The van der Waals surface area contributed by atoms with E-state index in [4.69, 9.17) is 0 Å². The molecule has 0 radical (unpaired) electrons. The van der Waals surface area contributed by atoms with Crippen molar-refractivity contribution in [2.45, 2.75) is 63.1 Å². The number of pyridine rings is 1. The summed E-state index contributed by atoms with van der Waals surface area (Å²) in [5.74, 6) is 1.91. The topological polar surface area (TPSA) is 210 Å². The first kappa shape index (κ1) is 66.2. The number of H-pyrrole nitrogens is 5. The third-order valence-corrected chi connectivity index (χ3v) is 22.4. The van der Waals surface area contributed by atoms with Gasteiger partial charge in [-0.05, 0) is 99.2 Å². The van der Waals surface area contributed by atoms with Crippen molar-refractivity contribution in [1.82, 2.24) is 53.8 Å². The number of hydrogen-bond acceptors (Lipinski definition) is 11. The van der Waals surface area contributed by atoms with Crippen molar-refractivity contribution in [3.63, 3.8) is 0 Å². The summed E-state index contributed by atoms with van der Waals surface area (Å²) in [5.41, 5.74) is 11.2. The van der Waals surface area contributed by atoms with Crippen molar-refractivity contribution in [2.75, 3.05) is 143 Å². The summed E-state index contributed by atoms with van der Waals surface area (Å²) in [7, 11) is 0.572. The van der Waals surface area contributed by atoms with E-state index in [0.29, 0.717) is 50.1 Å². The van der Waals surface area contributed by atoms with E-state index in [9.17, 15) is 27.2 Å². The Morgan fingerprint density at radius 3 is 1.53 bits per heavy atom. The summed E-state index contributed by atoms with van der Waals surface area (Å²) in [6, 6.07) is 45.1. The SMILES string of the molecule is CC1(C)CN(c2c[nH]c3ccccc23)CCN1S(C)(=O)=O.CN1CC2CN(c3c[nH]c4ccccc34)CCN2C1=O.CN1CCN(c2c[nH]c3ccccc23)CC1=O.Fc1ccc2c(C3CCN(c4ccccn4)CC3)c[nH]c2c1.O=C1CCC2CN(c3c[nH]c4ccccc34)CCN12. The lowest BCUT2D eigenvalue weighted by atomic mass is 9.89. The number of piperidine rings is 1. The summed E-state index contributed by atoms with van der Waals surface area (Å²) < 4.78 is 38.7. The number of halogens is 1. The first-order valence-corrected chi connectivity index (χ1v) is 36.5. The first-order valence-electron chi connectivity index (χ1n) is 34.6. The molecule has 6 aromatic heterocycles. The number of aromatic amines is 5. The molecule has 21 nitrogen and oxygen atoms in total. The fraction of sp³-hybridized carbons (Fsp3) is 0.368. The molecular formula is C76H89FN16O5S. The third kappa shape index (κ3) is 13.9. The molecule has 23 heteroatoms. The molecule has 2 unspecified atom stereocenters. The molecular weight excluding hydrogens is 1270 g/mol. The van der Waals surface area contributed by atoms with Crippen LogP contribution in [0.25, 0.3) is 54.5 Å². The number of carbonyl (C=O) groups is 3. The molecule has 0 saturated carbocycles. The Morgan fingerprint density at radius 2 is 0.980 bits per heavy atom. The van der Waals surface area contributed by atoms with Gasteiger partial charge in [0.05, 0.1) is 41.6 Å². The van der Waals surface area contributed by atoms with Crippen LogP contribution in [0.2, 0.25) is 0 Å². The van der Waals surface area contributed by atoms with Crippen LogP contribution in [-0.2, 0) is 19.6 Å². The second-order valence-corrected chi connectivity index (χ2v) is 29.7. The Kier molecular flexibility index (Phi) is 18.8. The first-order chi connectivity index (χ1) is 47.9. The number of nitrogens with one attached hydrogen (secondary N) is 5. The zero-order valence-corrected chi connectivity index (χ0v) is 57.9. The Hall–Kier alpha value is -10.0. The van der Waals surface area contributed by atoms with E-state index in [1.54, 1.807) is 21.3 Å². The number of amides is 4. The lowest BCUT2D eigenvalue weighted by Gasteiger charge is -2.46. The molecule has 516 valence electrons. The summed E-state index contributed by atoms with van der Waals surface area (Å²) >= 11 is 0. The molecule has 5 aromatic carbocycles. The van der Waals surface area contributed by atoms with E-state index in [2.05, 4.69) is 144 Å². The Bertz CT molecular complexity index is 4790. The molecule has 11 aromatic rings. The molecule has 4 amide bonds. The van der Waals surface area contributed by atoms with Crippen LogP contribution in [0.3, 0.4) is 0 Å². The van der Waals surface area contributed by atoms with Crippen molar-refractivity contribution >= 4 is 111 Å². The van der Waals surface area contributed by atoms with Crippen LogP contribution in [-0.4, -0.2) is 216 Å². The minimum atomic E-state index is -3.17. The molecule has 7 fully saturated rings. The van der Waals surface area contributed by atoms with E-state index in [1.807, 2.05) is 111 Å². The number of fused-ring (bicyclic) bond motifs is 7. The molecule has 0 bridgehead atoms. The van der Waals surface area contributed by atoms with Crippen LogP contribution in [0.15, 0.2) is 171 Å². The number of para-hydroxylation sites is 4. The van der Waals surface area contributed by atoms with Gasteiger partial charge in [-0.1, -0.05) is 78.9 Å². The van der Waals surface area contributed by atoms with Gasteiger partial charge in [0, 0.05) is 215 Å². The minimum absolute atomic E-state index is 0.175. The van der Waals surface area contributed by atoms with Gasteiger partial charge in [-0.3, -0.25) is 9.59 Å². The maximum Gasteiger partial charge on any atom is 0.320 e. The Morgan fingerprint density at radius 1 is 0.475 bits per heavy atom. The van der Waals surface area contributed by atoms with Gasteiger partial charge in [-0.25, -0.2) is 22.6 Å². The number of urea groups is 1. The van der Waals surface area contributed by atoms with E-state index < -0.39 is 15.6 Å². The molecule has 18 rings (SSSR count). The average molecular weight is 1360 g/mol. The molecule has 0 spiro atoms. The summed E-state index contributed by atoms with van der Waals surface area (Å²) in [5, 5.41) is 6.06. The van der Waals surface area contributed by atoms with Crippen molar-refractivity contribution in [2.24, 2.45) is 0 Å². The van der Waals surface area contributed by atoms with Crippen molar-refractivity contribution in [1.29, 1.82) is 0 Å². The summed E-state index contributed by atoms with van der Waals surface area (Å²) in [6.45, 7) is 16.3. The number of sulfonamides is 1. The van der Waals surface area contributed by atoms with Gasteiger partial charge in [-0.15, -0.1) is 0 Å². The highest BCUT2D eigenvalue weighted by Crippen LogP contribution is 2.37. The fourth-order valence-electron chi connectivity index (χ4n) is 15.8.